The molecule has 334 valence electrons. The first-order chi connectivity index (χ1) is 29.7. The number of sulfone groups is 1. The van der Waals surface area contributed by atoms with E-state index >= 15 is 0 Å². The van der Waals surface area contributed by atoms with Gasteiger partial charge >= 0.3 is 5.51 Å². The summed E-state index contributed by atoms with van der Waals surface area (Å²) in [5.74, 6) is -0.639. The van der Waals surface area contributed by atoms with Crippen molar-refractivity contribution in [3.05, 3.63) is 119 Å². The lowest BCUT2D eigenvalue weighted by Gasteiger charge is -2.26. The molecule has 4 N–H and O–H groups in total. The van der Waals surface area contributed by atoms with Crippen LogP contribution in [0, 0.1) is 0 Å². The van der Waals surface area contributed by atoms with E-state index in [4.69, 9.17) is 11.6 Å². The Morgan fingerprint density at radius 2 is 1.50 bits per heavy atom. The highest BCUT2D eigenvalue weighted by atomic mass is 35.5. The van der Waals surface area contributed by atoms with Gasteiger partial charge in [-0.05, 0) is 136 Å². The molecule has 62 heavy (non-hydrogen) atoms. The fourth-order valence-electron chi connectivity index (χ4n) is 7.64. The van der Waals surface area contributed by atoms with Gasteiger partial charge in [0.25, 0.3) is 25.8 Å². The summed E-state index contributed by atoms with van der Waals surface area (Å²) < 4.78 is 97.3. The van der Waals surface area contributed by atoms with Crippen LogP contribution in [-0.4, -0.2) is 84.2 Å². The zero-order valence-electron chi connectivity index (χ0n) is 34.4. The maximum Gasteiger partial charge on any atom is 0.501 e. The number of thioether (sulfide) groups is 1. The lowest BCUT2D eigenvalue weighted by molar-refractivity contribution is -0.0435. The molecule has 2 aliphatic rings. The van der Waals surface area contributed by atoms with Gasteiger partial charge in [0.05, 0.1) is 10.6 Å². The lowest BCUT2D eigenvalue weighted by atomic mass is 9.87. The summed E-state index contributed by atoms with van der Waals surface area (Å²) in [5, 5.41) is 10.5. The van der Waals surface area contributed by atoms with E-state index in [0.717, 1.165) is 88.0 Å². The van der Waals surface area contributed by atoms with Gasteiger partial charge in [0, 0.05) is 59.1 Å². The van der Waals surface area contributed by atoms with Gasteiger partial charge in [-0.15, -0.1) is 11.8 Å². The Kier molecular flexibility index (Phi) is 16.8. The normalized spacial score (nSPS) is 16.1. The van der Waals surface area contributed by atoms with Crippen molar-refractivity contribution in [1.82, 2.24) is 14.9 Å². The van der Waals surface area contributed by atoms with E-state index in [1.54, 1.807) is 12.1 Å². The van der Waals surface area contributed by atoms with E-state index in [0.29, 0.717) is 48.6 Å². The highest BCUT2D eigenvalue weighted by Gasteiger charge is 2.48. The van der Waals surface area contributed by atoms with Gasteiger partial charge in [-0.1, -0.05) is 60.3 Å². The van der Waals surface area contributed by atoms with Crippen LogP contribution in [0.25, 0.3) is 5.57 Å². The zero-order chi connectivity index (χ0) is 44.2. The maximum atomic E-state index is 14.1. The molecule has 1 aliphatic carbocycles. The molecule has 10 nitrogen and oxygen atoms in total. The van der Waals surface area contributed by atoms with Crippen LogP contribution in [0.5, 0.6) is 0 Å². The number of halogens is 4. The summed E-state index contributed by atoms with van der Waals surface area (Å²) in [6.07, 6.45) is 9.20. The fourth-order valence-corrected chi connectivity index (χ4v) is 10.8. The highest BCUT2D eigenvalue weighted by molar-refractivity contribution is 7.99. The molecule has 1 aliphatic heterocycles. The number of amides is 1. The summed E-state index contributed by atoms with van der Waals surface area (Å²) in [7, 11) is -10.9. The number of nitrogens with one attached hydrogen (secondary N) is 4. The number of carbonyl (C=O) groups is 1. The predicted molar refractivity (Wildman–Crippen MR) is 243 cm³/mol. The Morgan fingerprint density at radius 1 is 0.806 bits per heavy atom. The van der Waals surface area contributed by atoms with Crippen LogP contribution in [0.1, 0.15) is 73.7 Å². The quantitative estimate of drug-likeness (QED) is 0.0532. The van der Waals surface area contributed by atoms with Crippen LogP contribution in [-0.2, 0) is 19.9 Å². The van der Waals surface area contributed by atoms with Gasteiger partial charge in [-0.3, -0.25) is 4.79 Å². The Hall–Kier alpha value is -4.06. The SMILES string of the molecule is O=C(NS(=O)(=O)c1ccc(N[C@H](CCN2CCCCCC2)CSc2ccccc2)c(S(=O)(=O)C(F)(F)F)c1)c1ccc(NCCNCC2=C(c3ccc(Cl)cc3)CCCC2)cc1. The molecule has 1 fully saturated rings. The Bertz CT molecular complexity index is 2360. The van der Waals surface area contributed by atoms with Crippen LogP contribution in [0.15, 0.2) is 117 Å². The molecule has 0 bridgehead atoms. The average molecular weight is 933 g/mol. The van der Waals surface area contributed by atoms with Crippen molar-refractivity contribution in [2.45, 2.75) is 84.0 Å². The number of rotatable bonds is 19. The first kappa shape index (κ1) is 47.4. The fraction of sp³-hybridized carbons (Fsp3) is 0.400. The van der Waals surface area contributed by atoms with E-state index in [9.17, 15) is 34.8 Å². The standard InChI is InChI=1S/C45H53ClF3N5O5S3/c46-36-18-14-33(15-19-36)41-13-7-6-10-35(41)31-50-25-26-51-37-20-16-34(17-21-37)44(55)53-62(58,59)40-22-23-42(43(30-40)61(56,57)45(47,48)49)52-38(32-60-39-11-4-3-5-12-39)24-29-54-27-8-1-2-9-28-54/h3-5,11-12,14-23,30,38,50-52H,1-2,6-10,13,24-29,31-32H2,(H,53,55)/t38-/m1/s1. The zero-order valence-corrected chi connectivity index (χ0v) is 37.6. The molecule has 1 atom stereocenters. The number of anilines is 2. The third-order valence-corrected chi connectivity index (χ3v) is 15.3. The average Bonchev–Trinajstić information content (AvgIpc) is 3.54. The Morgan fingerprint density at radius 3 is 2.19 bits per heavy atom. The van der Waals surface area contributed by atoms with Crippen molar-refractivity contribution in [3.63, 3.8) is 0 Å². The minimum absolute atomic E-state index is 0.0270. The summed E-state index contributed by atoms with van der Waals surface area (Å²) in [4.78, 5) is 14.3. The monoisotopic (exact) mass is 931 g/mol. The molecule has 4 aromatic rings. The largest absolute Gasteiger partial charge is 0.501 e. The molecule has 0 aromatic heterocycles. The van der Waals surface area contributed by atoms with Gasteiger partial charge in [0.1, 0.15) is 4.90 Å². The third-order valence-electron chi connectivity index (χ3n) is 11.0. The van der Waals surface area contributed by atoms with Crippen molar-refractivity contribution in [2.24, 2.45) is 0 Å². The first-order valence-corrected chi connectivity index (χ1v) is 25.2. The minimum Gasteiger partial charge on any atom is -0.384 e. The molecule has 0 unspecified atom stereocenters. The number of hydrogen-bond donors (Lipinski definition) is 4. The Labute approximate surface area is 372 Å². The van der Waals surface area contributed by atoms with Crippen molar-refractivity contribution in [3.8, 4) is 0 Å². The summed E-state index contributed by atoms with van der Waals surface area (Å²) in [5.41, 5.74) is -1.52. The molecule has 0 radical (unpaired) electrons. The number of carbonyl (C=O) groups excluding carboxylic acids is 1. The van der Waals surface area contributed by atoms with Crippen LogP contribution in [0.2, 0.25) is 5.02 Å². The molecule has 0 spiro atoms. The first-order valence-electron chi connectivity index (χ1n) is 20.9. The number of benzene rings is 4. The summed E-state index contributed by atoms with van der Waals surface area (Å²) >= 11 is 7.56. The molecular formula is C45H53ClF3N5O5S3. The number of nitrogens with zero attached hydrogens (tertiary/aromatic N) is 1. The predicted octanol–water partition coefficient (Wildman–Crippen LogP) is 9.62. The molecule has 1 heterocycles. The van der Waals surface area contributed by atoms with E-state index in [1.807, 2.05) is 47.2 Å². The van der Waals surface area contributed by atoms with Gasteiger partial charge in [-0.25, -0.2) is 21.6 Å². The molecular weight excluding hydrogens is 879 g/mol. The molecule has 4 aromatic carbocycles. The van der Waals surface area contributed by atoms with Gasteiger partial charge in [0.15, 0.2) is 0 Å². The Balaban J connectivity index is 1.10. The second-order valence-corrected chi connectivity index (χ2v) is 20.7. The van der Waals surface area contributed by atoms with Crippen LogP contribution >= 0.6 is 23.4 Å². The van der Waals surface area contributed by atoms with Crippen molar-refractivity contribution in [2.75, 3.05) is 55.7 Å². The number of hydrogen-bond acceptors (Lipinski definition) is 10. The van der Waals surface area contributed by atoms with E-state index < -0.39 is 47.1 Å². The molecule has 1 saturated heterocycles. The summed E-state index contributed by atoms with van der Waals surface area (Å²) in [6.45, 7) is 4.43. The number of sulfonamides is 1. The summed E-state index contributed by atoms with van der Waals surface area (Å²) in [6, 6.07) is 25.4. The van der Waals surface area contributed by atoms with E-state index in [-0.39, 0.29) is 11.3 Å². The van der Waals surface area contributed by atoms with Crippen LogP contribution in [0.4, 0.5) is 24.5 Å². The van der Waals surface area contributed by atoms with Crippen LogP contribution in [0.3, 0.4) is 0 Å². The van der Waals surface area contributed by atoms with Crippen molar-refractivity contribution in [1.29, 1.82) is 0 Å². The second kappa shape index (κ2) is 22.0. The molecule has 6 rings (SSSR count). The molecule has 1 amide bonds. The number of allylic oxidation sites excluding steroid dienone is 1. The molecule has 0 saturated carbocycles. The third kappa shape index (κ3) is 13.2. The van der Waals surface area contributed by atoms with Gasteiger partial charge < -0.3 is 20.9 Å². The van der Waals surface area contributed by atoms with Gasteiger partial charge in [-0.2, -0.15) is 13.2 Å². The minimum atomic E-state index is -6.04. The van der Waals surface area contributed by atoms with E-state index in [2.05, 4.69) is 33.0 Å². The highest BCUT2D eigenvalue weighted by Crippen LogP contribution is 2.37. The van der Waals surface area contributed by atoms with Crippen LogP contribution < -0.4 is 20.7 Å². The second-order valence-electron chi connectivity index (χ2n) is 15.5. The smallest absolute Gasteiger partial charge is 0.384 e. The molecule has 17 heteroatoms. The number of alkyl halides is 3. The maximum absolute atomic E-state index is 14.1. The topological polar surface area (TPSA) is 137 Å². The number of likely N-dealkylation sites (tertiary alicyclic amines) is 1. The van der Waals surface area contributed by atoms with E-state index in [1.165, 1.54) is 40.6 Å². The van der Waals surface area contributed by atoms with Crippen molar-refractivity contribution < 1.29 is 34.8 Å². The van der Waals surface area contributed by atoms with Gasteiger partial charge in [0.2, 0.25) is 0 Å². The lowest BCUT2D eigenvalue weighted by Crippen LogP contribution is -2.33. The van der Waals surface area contributed by atoms with Crippen molar-refractivity contribution >= 4 is 66.1 Å².